The van der Waals surface area contributed by atoms with E-state index in [2.05, 4.69) is 4.98 Å². The Morgan fingerprint density at radius 3 is 2.31 bits per heavy atom. The third kappa shape index (κ3) is 8.94. The van der Waals surface area contributed by atoms with Gasteiger partial charge < -0.3 is 25.2 Å². The second-order valence-electron chi connectivity index (χ2n) is 8.56. The largest absolute Gasteiger partial charge is 0.416 e. The first kappa shape index (κ1) is 29.9. The van der Waals surface area contributed by atoms with Gasteiger partial charge >= 0.3 is 6.18 Å². The zero-order valence-corrected chi connectivity index (χ0v) is 20.7. The van der Waals surface area contributed by atoms with E-state index in [-0.39, 0.29) is 25.5 Å². The molecular weight excluding hydrogens is 509 g/mol. The monoisotopic (exact) mass is 540 g/mol. The zero-order valence-electron chi connectivity index (χ0n) is 19.1. The van der Waals surface area contributed by atoms with Gasteiger partial charge in [-0.25, -0.2) is 4.98 Å². The van der Waals surface area contributed by atoms with Crippen molar-refractivity contribution in [2.45, 2.75) is 62.9 Å². The first-order valence-corrected chi connectivity index (χ1v) is 12.2. The van der Waals surface area contributed by atoms with E-state index in [1.54, 1.807) is 11.4 Å². The second kappa shape index (κ2) is 13.8. The minimum atomic E-state index is -4.39. The van der Waals surface area contributed by atoms with Crippen molar-refractivity contribution in [2.75, 3.05) is 26.2 Å². The van der Waals surface area contributed by atoms with E-state index in [0.29, 0.717) is 36.0 Å². The summed E-state index contributed by atoms with van der Waals surface area (Å²) in [6, 6.07) is 5.12. The van der Waals surface area contributed by atoms with Gasteiger partial charge in [-0.05, 0) is 31.5 Å². The van der Waals surface area contributed by atoms with Gasteiger partial charge in [0.2, 0.25) is 0 Å². The van der Waals surface area contributed by atoms with Gasteiger partial charge in [0.05, 0.1) is 30.1 Å². The number of benzene rings is 1. The fourth-order valence-electron chi connectivity index (χ4n) is 3.86. The number of aliphatic hydroxyl groups is 4. The van der Waals surface area contributed by atoms with Crippen molar-refractivity contribution in [3.8, 4) is 10.6 Å². The summed E-state index contributed by atoms with van der Waals surface area (Å²) < 4.78 is 44.3. The molecule has 7 nitrogen and oxygen atoms in total. The van der Waals surface area contributed by atoms with E-state index in [1.807, 2.05) is 4.90 Å². The van der Waals surface area contributed by atoms with Gasteiger partial charge in [0, 0.05) is 30.6 Å². The normalized spacial score (nSPS) is 23.6. The maximum atomic E-state index is 12.9. The number of β-amino-alcohol motifs (C(OH)–C–C–N with tert-alkyl or cyclic N) is 2. The van der Waals surface area contributed by atoms with Crippen molar-refractivity contribution in [1.29, 1.82) is 0 Å². The minimum absolute atomic E-state index is 0. The van der Waals surface area contributed by atoms with E-state index in [0.717, 1.165) is 37.8 Å². The maximum Gasteiger partial charge on any atom is 0.416 e. The van der Waals surface area contributed by atoms with Crippen LogP contribution in [0.3, 0.4) is 0 Å². The molecule has 3 rings (SSSR count). The first-order chi connectivity index (χ1) is 16.1. The molecule has 2 heterocycles. The molecule has 1 aromatic carbocycles. The van der Waals surface area contributed by atoms with Gasteiger partial charge in [-0.15, -0.1) is 23.7 Å². The number of ether oxygens (including phenoxy) is 1. The number of alkyl halides is 3. The van der Waals surface area contributed by atoms with Crippen LogP contribution in [0.15, 0.2) is 29.6 Å². The van der Waals surface area contributed by atoms with Gasteiger partial charge in [0.15, 0.2) is 0 Å². The summed E-state index contributed by atoms with van der Waals surface area (Å²) in [6.07, 6.45) is -5.75. The Morgan fingerprint density at radius 2 is 1.66 bits per heavy atom. The summed E-state index contributed by atoms with van der Waals surface area (Å²) in [5.74, 6) is 0. The topological polar surface area (TPSA) is 106 Å². The van der Waals surface area contributed by atoms with Crippen molar-refractivity contribution >= 4 is 23.7 Å². The first-order valence-electron chi connectivity index (χ1n) is 11.3. The van der Waals surface area contributed by atoms with E-state index >= 15 is 0 Å². The van der Waals surface area contributed by atoms with Crippen LogP contribution in [-0.2, 0) is 17.5 Å². The molecule has 0 unspecified atom stereocenters. The quantitative estimate of drug-likeness (QED) is 0.343. The molecule has 1 saturated heterocycles. The average Bonchev–Trinajstić information content (AvgIpc) is 3.24. The van der Waals surface area contributed by atoms with E-state index < -0.39 is 36.2 Å². The number of hydrogen-bond acceptors (Lipinski definition) is 8. The van der Waals surface area contributed by atoms with Crippen molar-refractivity contribution < 1.29 is 38.3 Å². The standard InChI is InChI=1S/C23H31F3N2O5S.ClH/c24-23(25,26)16-7-5-6-15(10-16)22-27-17(14-34-22)13-33-9-4-2-1-3-8-28-11-18(29)20(31)21(32)19(30)12-28;/h5-7,10,14,18-21,29-32H,1-4,8-9,11-13H2;1H/t18-,19-,20+,21+;/m0./s1. The Bertz CT molecular complexity index is 888. The lowest BCUT2D eigenvalue weighted by Gasteiger charge is -2.23. The Morgan fingerprint density at radius 1 is 1.00 bits per heavy atom. The molecule has 1 aromatic heterocycles. The highest BCUT2D eigenvalue weighted by Crippen LogP contribution is 2.33. The number of aromatic nitrogens is 1. The van der Waals surface area contributed by atoms with Crippen LogP contribution < -0.4 is 0 Å². The van der Waals surface area contributed by atoms with Crippen LogP contribution in [0.2, 0.25) is 0 Å². The predicted octanol–water partition coefficient (Wildman–Crippen LogP) is 3.09. The van der Waals surface area contributed by atoms with Crippen LogP contribution in [-0.4, -0.2) is 81.0 Å². The molecule has 0 amide bonds. The van der Waals surface area contributed by atoms with Gasteiger partial charge in [-0.3, -0.25) is 4.90 Å². The van der Waals surface area contributed by atoms with Gasteiger partial charge in [0.1, 0.15) is 17.2 Å². The molecule has 0 spiro atoms. The molecule has 0 bridgehead atoms. The number of likely N-dealkylation sites (tertiary alicyclic amines) is 1. The lowest BCUT2D eigenvalue weighted by Crippen LogP contribution is -2.43. The number of nitrogens with zero attached hydrogens (tertiary/aromatic N) is 2. The summed E-state index contributed by atoms with van der Waals surface area (Å²) in [5, 5.41) is 41.6. The second-order valence-corrected chi connectivity index (χ2v) is 9.42. The van der Waals surface area contributed by atoms with Crippen LogP contribution >= 0.6 is 23.7 Å². The number of thiazole rings is 1. The average molecular weight is 541 g/mol. The van der Waals surface area contributed by atoms with Crippen molar-refractivity contribution in [3.05, 3.63) is 40.9 Å². The summed E-state index contributed by atoms with van der Waals surface area (Å²) in [4.78, 5) is 6.22. The zero-order chi connectivity index (χ0) is 24.7. The van der Waals surface area contributed by atoms with Crippen LogP contribution in [0.5, 0.6) is 0 Å². The highest BCUT2D eigenvalue weighted by molar-refractivity contribution is 7.13. The molecule has 4 N–H and O–H groups in total. The molecule has 1 aliphatic rings. The van der Waals surface area contributed by atoms with Crippen LogP contribution in [0.25, 0.3) is 10.6 Å². The molecule has 35 heavy (non-hydrogen) atoms. The molecule has 2 aromatic rings. The number of unbranched alkanes of at least 4 members (excludes halogenated alkanes) is 3. The summed E-state index contributed by atoms with van der Waals surface area (Å²) >= 11 is 1.28. The highest BCUT2D eigenvalue weighted by atomic mass is 35.5. The smallest absolute Gasteiger partial charge is 0.389 e. The van der Waals surface area contributed by atoms with Crippen molar-refractivity contribution in [3.63, 3.8) is 0 Å². The Hall–Kier alpha value is -1.31. The molecular formula is C23H32ClF3N2O5S. The minimum Gasteiger partial charge on any atom is -0.389 e. The lowest BCUT2D eigenvalue weighted by molar-refractivity contribution is -0.137. The summed E-state index contributed by atoms with van der Waals surface area (Å²) in [6.45, 7) is 1.88. The third-order valence-corrected chi connectivity index (χ3v) is 6.72. The molecule has 0 saturated carbocycles. The van der Waals surface area contributed by atoms with E-state index in [1.165, 1.54) is 17.4 Å². The molecule has 12 heteroatoms. The number of hydrogen-bond donors (Lipinski definition) is 4. The number of aliphatic hydroxyl groups excluding tert-OH is 4. The Labute approximate surface area is 212 Å². The van der Waals surface area contributed by atoms with Crippen LogP contribution in [0, 0.1) is 0 Å². The fraction of sp³-hybridized carbons (Fsp3) is 0.609. The SMILES string of the molecule is Cl.O[C@H]1[C@H](O)[C@@H](O)CN(CCCCCCOCc2csc(-c3cccc(C(F)(F)F)c3)n2)C[C@@H]1O. The molecule has 1 aliphatic heterocycles. The molecule has 1 fully saturated rings. The summed E-state index contributed by atoms with van der Waals surface area (Å²) in [5.41, 5.74) is 0.413. The van der Waals surface area contributed by atoms with Gasteiger partial charge in [0.25, 0.3) is 0 Å². The number of halogens is 4. The predicted molar refractivity (Wildman–Crippen MR) is 128 cm³/mol. The van der Waals surface area contributed by atoms with Crippen LogP contribution in [0.4, 0.5) is 13.2 Å². The van der Waals surface area contributed by atoms with E-state index in [4.69, 9.17) is 4.74 Å². The molecule has 0 aliphatic carbocycles. The van der Waals surface area contributed by atoms with Gasteiger partial charge in [-0.1, -0.05) is 25.0 Å². The number of rotatable bonds is 10. The Balaban J connectivity index is 0.00000432. The molecule has 4 atom stereocenters. The van der Waals surface area contributed by atoms with E-state index in [9.17, 15) is 33.6 Å². The molecule has 0 radical (unpaired) electrons. The van der Waals surface area contributed by atoms with Crippen LogP contribution in [0.1, 0.15) is 36.9 Å². The summed E-state index contributed by atoms with van der Waals surface area (Å²) in [7, 11) is 0. The van der Waals surface area contributed by atoms with Gasteiger partial charge in [-0.2, -0.15) is 13.2 Å². The van der Waals surface area contributed by atoms with Crippen molar-refractivity contribution in [2.24, 2.45) is 0 Å². The lowest BCUT2D eigenvalue weighted by atomic mass is 10.1. The third-order valence-electron chi connectivity index (χ3n) is 5.78. The maximum absolute atomic E-state index is 12.9. The Kier molecular flexibility index (Phi) is 11.8. The van der Waals surface area contributed by atoms with Crippen molar-refractivity contribution in [1.82, 2.24) is 9.88 Å². The highest BCUT2D eigenvalue weighted by Gasteiger charge is 2.36. The molecule has 198 valence electrons. The fourth-order valence-corrected chi connectivity index (χ4v) is 4.66.